The highest BCUT2D eigenvalue weighted by atomic mass is 32.2. The summed E-state index contributed by atoms with van der Waals surface area (Å²) in [7, 11) is -3.18. The molecule has 3 N–H and O–H groups in total. The molecule has 0 spiro atoms. The lowest BCUT2D eigenvalue weighted by molar-refractivity contribution is 0.451. The predicted octanol–water partition coefficient (Wildman–Crippen LogP) is 1.61. The van der Waals surface area contributed by atoms with E-state index in [1.165, 1.54) is 12.1 Å². The van der Waals surface area contributed by atoms with E-state index >= 15 is 0 Å². The van der Waals surface area contributed by atoms with Crippen molar-refractivity contribution >= 4 is 9.84 Å². The van der Waals surface area contributed by atoms with Gasteiger partial charge in [0.15, 0.2) is 9.84 Å². The van der Waals surface area contributed by atoms with Crippen molar-refractivity contribution in [3.63, 3.8) is 0 Å². The topological polar surface area (TPSA) is 72.2 Å². The standard InChI is InChI=1S/C13H19FN2O2S/c1-9-5-6-10(14)8-11(9)13(16-15)12-4-2-3-7-19(12,17)18/h5-6,8,12-13,16H,2-4,7,15H2,1H3. The Hall–Kier alpha value is -0.980. The van der Waals surface area contributed by atoms with Crippen LogP contribution in [0.5, 0.6) is 0 Å². The summed E-state index contributed by atoms with van der Waals surface area (Å²) in [5.41, 5.74) is 4.03. The van der Waals surface area contributed by atoms with E-state index in [1.807, 2.05) is 6.92 Å². The zero-order valence-corrected chi connectivity index (χ0v) is 11.7. The van der Waals surface area contributed by atoms with Gasteiger partial charge in [-0.3, -0.25) is 11.3 Å². The van der Waals surface area contributed by atoms with Gasteiger partial charge in [0.25, 0.3) is 0 Å². The van der Waals surface area contributed by atoms with Gasteiger partial charge in [0.05, 0.1) is 17.0 Å². The molecule has 1 aliphatic rings. The molecule has 1 aliphatic heterocycles. The average Bonchev–Trinajstić information content (AvgIpc) is 2.36. The molecule has 1 fully saturated rings. The molecule has 1 aromatic carbocycles. The number of benzene rings is 1. The molecule has 2 rings (SSSR count). The summed E-state index contributed by atoms with van der Waals surface area (Å²) in [5.74, 6) is 5.34. The van der Waals surface area contributed by atoms with E-state index in [0.29, 0.717) is 18.4 Å². The van der Waals surface area contributed by atoms with Crippen molar-refractivity contribution in [3.05, 3.63) is 35.1 Å². The third kappa shape index (κ3) is 2.96. The van der Waals surface area contributed by atoms with Gasteiger partial charge in [0.2, 0.25) is 0 Å². The molecule has 0 aromatic heterocycles. The summed E-state index contributed by atoms with van der Waals surface area (Å²) >= 11 is 0. The summed E-state index contributed by atoms with van der Waals surface area (Å²) in [4.78, 5) is 0. The molecule has 6 heteroatoms. The van der Waals surface area contributed by atoms with E-state index in [0.717, 1.165) is 12.0 Å². The Morgan fingerprint density at radius 3 is 2.79 bits per heavy atom. The van der Waals surface area contributed by atoms with Gasteiger partial charge in [-0.1, -0.05) is 12.5 Å². The largest absolute Gasteiger partial charge is 0.271 e. The van der Waals surface area contributed by atoms with Crippen LogP contribution in [-0.2, 0) is 9.84 Å². The number of aryl methyl sites for hydroxylation is 1. The summed E-state index contributed by atoms with van der Waals surface area (Å²) in [6, 6.07) is 3.82. The quantitative estimate of drug-likeness (QED) is 0.654. The Bertz CT molecular complexity index is 560. The van der Waals surface area contributed by atoms with E-state index in [4.69, 9.17) is 5.84 Å². The molecule has 0 radical (unpaired) electrons. The number of hydrogen-bond acceptors (Lipinski definition) is 4. The Kier molecular flexibility index (Phi) is 4.23. The molecule has 4 nitrogen and oxygen atoms in total. The molecule has 0 bridgehead atoms. The van der Waals surface area contributed by atoms with Crippen LogP contribution in [0.2, 0.25) is 0 Å². The van der Waals surface area contributed by atoms with Gasteiger partial charge < -0.3 is 0 Å². The second-order valence-corrected chi connectivity index (χ2v) is 7.39. The number of rotatable bonds is 3. The first-order valence-corrected chi connectivity index (χ1v) is 8.11. The molecule has 2 unspecified atom stereocenters. The SMILES string of the molecule is Cc1ccc(F)cc1C(NN)C1CCCCS1(=O)=O. The molecule has 0 amide bonds. The minimum Gasteiger partial charge on any atom is -0.271 e. The first-order valence-electron chi connectivity index (χ1n) is 6.39. The number of sulfone groups is 1. The predicted molar refractivity (Wildman–Crippen MR) is 72.6 cm³/mol. The zero-order valence-electron chi connectivity index (χ0n) is 10.9. The summed E-state index contributed by atoms with van der Waals surface area (Å²) in [6.07, 6.45) is 2.11. The van der Waals surface area contributed by atoms with Gasteiger partial charge in [-0.2, -0.15) is 0 Å². The Morgan fingerprint density at radius 1 is 1.42 bits per heavy atom. The van der Waals surface area contributed by atoms with Crippen LogP contribution in [0.3, 0.4) is 0 Å². The minimum absolute atomic E-state index is 0.185. The normalized spacial score (nSPS) is 24.1. The fourth-order valence-corrected chi connectivity index (χ4v) is 4.77. The second-order valence-electron chi connectivity index (χ2n) is 5.05. The second kappa shape index (κ2) is 5.56. The van der Waals surface area contributed by atoms with Crippen molar-refractivity contribution in [2.75, 3.05) is 5.75 Å². The number of hydrogen-bond donors (Lipinski definition) is 2. The lowest BCUT2D eigenvalue weighted by Gasteiger charge is -2.30. The lowest BCUT2D eigenvalue weighted by atomic mass is 9.96. The van der Waals surface area contributed by atoms with Crippen molar-refractivity contribution in [1.29, 1.82) is 0 Å². The third-order valence-corrected chi connectivity index (χ3v) is 6.04. The minimum atomic E-state index is -3.18. The van der Waals surface area contributed by atoms with Crippen LogP contribution in [-0.4, -0.2) is 19.4 Å². The summed E-state index contributed by atoms with van der Waals surface area (Å²) in [6.45, 7) is 1.83. The van der Waals surface area contributed by atoms with Gasteiger partial charge >= 0.3 is 0 Å². The van der Waals surface area contributed by atoms with Gasteiger partial charge in [-0.15, -0.1) is 0 Å². The summed E-state index contributed by atoms with van der Waals surface area (Å²) in [5, 5.41) is -0.577. The van der Waals surface area contributed by atoms with E-state index in [1.54, 1.807) is 6.07 Å². The smallest absolute Gasteiger partial charge is 0.155 e. The van der Waals surface area contributed by atoms with Gasteiger partial charge in [-0.05, 0) is 43.0 Å². The molecule has 0 aliphatic carbocycles. The molecule has 1 saturated heterocycles. The van der Waals surface area contributed by atoms with Crippen molar-refractivity contribution in [2.45, 2.75) is 37.5 Å². The Balaban J connectivity index is 2.41. The molecule has 1 heterocycles. The van der Waals surface area contributed by atoms with E-state index in [2.05, 4.69) is 5.43 Å². The van der Waals surface area contributed by atoms with E-state index < -0.39 is 21.1 Å². The van der Waals surface area contributed by atoms with Crippen LogP contribution >= 0.6 is 0 Å². The molecule has 106 valence electrons. The Labute approximate surface area is 113 Å². The molecular formula is C13H19FN2O2S. The maximum Gasteiger partial charge on any atom is 0.155 e. The van der Waals surface area contributed by atoms with Crippen LogP contribution in [0.4, 0.5) is 4.39 Å². The fraction of sp³-hybridized carbons (Fsp3) is 0.538. The molecule has 1 aromatic rings. The van der Waals surface area contributed by atoms with Gasteiger partial charge in [-0.25, -0.2) is 12.8 Å². The zero-order chi connectivity index (χ0) is 14.0. The van der Waals surface area contributed by atoms with Crippen molar-refractivity contribution in [3.8, 4) is 0 Å². The monoisotopic (exact) mass is 286 g/mol. The number of nitrogens with one attached hydrogen (secondary N) is 1. The highest BCUT2D eigenvalue weighted by Gasteiger charge is 2.36. The highest BCUT2D eigenvalue weighted by molar-refractivity contribution is 7.92. The average molecular weight is 286 g/mol. The first kappa shape index (κ1) is 14.4. The van der Waals surface area contributed by atoms with Crippen LogP contribution in [0.25, 0.3) is 0 Å². The molecular weight excluding hydrogens is 267 g/mol. The number of halogens is 1. The lowest BCUT2D eigenvalue weighted by Crippen LogP contribution is -2.43. The van der Waals surface area contributed by atoms with Crippen molar-refractivity contribution in [1.82, 2.24) is 5.43 Å². The van der Waals surface area contributed by atoms with Crippen LogP contribution in [0, 0.1) is 12.7 Å². The van der Waals surface area contributed by atoms with Crippen LogP contribution in [0.15, 0.2) is 18.2 Å². The highest BCUT2D eigenvalue weighted by Crippen LogP contribution is 2.32. The van der Waals surface area contributed by atoms with Crippen LogP contribution in [0.1, 0.15) is 36.4 Å². The molecule has 19 heavy (non-hydrogen) atoms. The fourth-order valence-electron chi connectivity index (χ4n) is 2.70. The maximum atomic E-state index is 13.4. The first-order chi connectivity index (χ1) is 8.95. The third-order valence-electron chi connectivity index (χ3n) is 3.76. The maximum absolute atomic E-state index is 13.4. The summed E-state index contributed by atoms with van der Waals surface area (Å²) < 4.78 is 37.7. The molecule has 0 saturated carbocycles. The van der Waals surface area contributed by atoms with E-state index in [9.17, 15) is 12.8 Å². The van der Waals surface area contributed by atoms with Gasteiger partial charge in [0, 0.05) is 0 Å². The van der Waals surface area contributed by atoms with E-state index in [-0.39, 0.29) is 11.6 Å². The number of nitrogens with two attached hydrogens (primary N) is 1. The Morgan fingerprint density at radius 2 is 2.16 bits per heavy atom. The van der Waals surface area contributed by atoms with Gasteiger partial charge in [0.1, 0.15) is 5.82 Å². The molecule has 2 atom stereocenters. The van der Waals surface area contributed by atoms with Crippen molar-refractivity contribution < 1.29 is 12.8 Å². The number of hydrazine groups is 1. The van der Waals surface area contributed by atoms with Crippen molar-refractivity contribution in [2.24, 2.45) is 5.84 Å². The van der Waals surface area contributed by atoms with Crippen LogP contribution < -0.4 is 11.3 Å².